The van der Waals surface area contributed by atoms with E-state index < -0.39 is 5.85 Å². The van der Waals surface area contributed by atoms with Crippen LogP contribution in [-0.4, -0.2) is 17.2 Å². The van der Waals surface area contributed by atoms with Crippen molar-refractivity contribution < 1.29 is 5.11 Å². The first kappa shape index (κ1) is 8.04. The Morgan fingerprint density at radius 2 is 2.50 bits per heavy atom. The van der Waals surface area contributed by atoms with E-state index in [1.807, 2.05) is 0 Å². The molecule has 2 N–H and O–H groups in total. The summed E-state index contributed by atoms with van der Waals surface area (Å²) in [7, 11) is 0. The van der Waals surface area contributed by atoms with E-state index in [0.717, 1.165) is 0 Å². The summed E-state index contributed by atoms with van der Waals surface area (Å²) in [6.07, 6.45) is 1.46. The van der Waals surface area contributed by atoms with E-state index in [0.29, 0.717) is 9.64 Å². The molecular formula is C5H6BrClN2O. The molecule has 0 fully saturated rings. The summed E-state index contributed by atoms with van der Waals surface area (Å²) in [5.41, 5.74) is 0. The van der Waals surface area contributed by atoms with Gasteiger partial charge in [0.05, 0.1) is 4.48 Å². The molecule has 1 aliphatic heterocycles. The molecule has 0 spiro atoms. The highest BCUT2D eigenvalue weighted by Crippen LogP contribution is 2.19. The van der Waals surface area contributed by atoms with Crippen LogP contribution in [0, 0.1) is 0 Å². The second-order valence-corrected chi connectivity index (χ2v) is 3.30. The maximum atomic E-state index is 9.21. The molecule has 0 aliphatic carbocycles. The normalized spacial score (nSPS) is 32.4. The van der Waals surface area contributed by atoms with Crippen LogP contribution in [0.25, 0.3) is 0 Å². The molecule has 5 heteroatoms. The second-order valence-electron chi connectivity index (χ2n) is 2.07. The van der Waals surface area contributed by atoms with Crippen molar-refractivity contribution in [2.45, 2.75) is 12.8 Å². The predicted octanol–water partition coefficient (Wildman–Crippen LogP) is 1.13. The number of hydrogen-bond donors (Lipinski definition) is 2. The molecule has 1 unspecified atom stereocenters. The van der Waals surface area contributed by atoms with E-state index in [9.17, 15) is 5.11 Å². The first-order chi connectivity index (χ1) is 4.51. The van der Waals surface area contributed by atoms with Crippen LogP contribution < -0.4 is 5.32 Å². The van der Waals surface area contributed by atoms with Crippen LogP contribution in [-0.2, 0) is 0 Å². The maximum Gasteiger partial charge on any atom is 0.231 e. The van der Waals surface area contributed by atoms with Gasteiger partial charge >= 0.3 is 0 Å². The van der Waals surface area contributed by atoms with Crippen LogP contribution in [0.3, 0.4) is 0 Å². The van der Waals surface area contributed by atoms with Gasteiger partial charge in [-0.05, 0) is 15.9 Å². The fraction of sp³-hybridized carbons (Fsp3) is 0.400. The number of aliphatic hydroxyl groups is 1. The molecular weight excluding hydrogens is 219 g/mol. The van der Waals surface area contributed by atoms with Crippen molar-refractivity contribution >= 4 is 33.7 Å². The predicted molar refractivity (Wildman–Crippen MR) is 44.1 cm³/mol. The van der Waals surface area contributed by atoms with E-state index in [-0.39, 0.29) is 0 Å². The molecule has 1 heterocycles. The molecule has 0 amide bonds. The van der Waals surface area contributed by atoms with Crippen molar-refractivity contribution in [2.24, 2.45) is 4.99 Å². The Hall–Kier alpha value is -0.0600. The minimum absolute atomic E-state index is 0.361. The molecule has 0 saturated carbocycles. The molecule has 0 radical (unpaired) electrons. The molecule has 0 aromatic carbocycles. The molecule has 0 bridgehead atoms. The van der Waals surface area contributed by atoms with Gasteiger partial charge in [-0.1, -0.05) is 11.6 Å². The number of halogens is 2. The van der Waals surface area contributed by atoms with Crippen molar-refractivity contribution in [2.75, 3.05) is 0 Å². The Kier molecular flexibility index (Phi) is 2.03. The van der Waals surface area contributed by atoms with Gasteiger partial charge in [-0.2, -0.15) is 0 Å². The Labute approximate surface area is 71.9 Å². The van der Waals surface area contributed by atoms with E-state index >= 15 is 0 Å². The van der Waals surface area contributed by atoms with Crippen LogP contribution in [0.4, 0.5) is 0 Å². The lowest BCUT2D eigenvalue weighted by molar-refractivity contribution is 0.0458. The highest BCUT2D eigenvalue weighted by atomic mass is 79.9. The quantitative estimate of drug-likeness (QED) is 0.607. The van der Waals surface area contributed by atoms with Crippen molar-refractivity contribution in [1.29, 1.82) is 0 Å². The lowest BCUT2D eigenvalue weighted by Crippen LogP contribution is -2.40. The Balaban J connectivity index is 2.85. The lowest BCUT2D eigenvalue weighted by atomic mass is 10.4. The minimum Gasteiger partial charge on any atom is -0.353 e. The molecule has 1 rings (SSSR count). The largest absolute Gasteiger partial charge is 0.353 e. The maximum absolute atomic E-state index is 9.21. The zero-order valence-corrected chi connectivity index (χ0v) is 7.57. The molecule has 0 aromatic rings. The zero-order valence-electron chi connectivity index (χ0n) is 5.23. The van der Waals surface area contributed by atoms with Crippen LogP contribution in [0.1, 0.15) is 6.92 Å². The van der Waals surface area contributed by atoms with Gasteiger partial charge in [-0.3, -0.25) is 0 Å². The highest BCUT2D eigenvalue weighted by Gasteiger charge is 2.22. The van der Waals surface area contributed by atoms with E-state index in [1.54, 1.807) is 0 Å². The summed E-state index contributed by atoms with van der Waals surface area (Å²) in [6.45, 7) is 1.51. The van der Waals surface area contributed by atoms with E-state index in [2.05, 4.69) is 26.2 Å². The summed E-state index contributed by atoms with van der Waals surface area (Å²) < 4.78 is 0.640. The number of aliphatic imine (C=N–C) groups is 1. The van der Waals surface area contributed by atoms with Gasteiger partial charge in [-0.15, -0.1) is 0 Å². The first-order valence-electron chi connectivity index (χ1n) is 2.62. The summed E-state index contributed by atoms with van der Waals surface area (Å²) in [5, 5.41) is 12.1. The lowest BCUT2D eigenvalue weighted by Gasteiger charge is -2.23. The van der Waals surface area contributed by atoms with Crippen molar-refractivity contribution in [3.63, 3.8) is 0 Å². The van der Waals surface area contributed by atoms with Crippen molar-refractivity contribution in [3.05, 3.63) is 9.64 Å². The summed E-state index contributed by atoms with van der Waals surface area (Å²) in [6, 6.07) is 0. The van der Waals surface area contributed by atoms with Crippen LogP contribution in [0.5, 0.6) is 0 Å². The topological polar surface area (TPSA) is 44.6 Å². The number of rotatable bonds is 0. The molecule has 10 heavy (non-hydrogen) atoms. The van der Waals surface area contributed by atoms with Gasteiger partial charge in [0.1, 0.15) is 5.16 Å². The molecule has 56 valence electrons. The van der Waals surface area contributed by atoms with Crippen LogP contribution in [0.15, 0.2) is 14.6 Å². The second kappa shape index (κ2) is 2.53. The number of allylic oxidation sites excluding steroid dienone is 1. The summed E-state index contributed by atoms with van der Waals surface area (Å²) in [5.74, 6) is -1.27. The smallest absolute Gasteiger partial charge is 0.231 e. The average Bonchev–Trinajstić information content (AvgIpc) is 1.79. The Bertz CT molecular complexity index is 212. The number of nitrogens with one attached hydrogen (secondary N) is 1. The third kappa shape index (κ3) is 1.71. The highest BCUT2D eigenvalue weighted by molar-refractivity contribution is 9.12. The number of nitrogens with zero attached hydrogens (tertiary/aromatic N) is 1. The van der Waals surface area contributed by atoms with Gasteiger partial charge in [0, 0.05) is 13.1 Å². The molecule has 0 saturated heterocycles. The van der Waals surface area contributed by atoms with Gasteiger partial charge in [0.2, 0.25) is 5.85 Å². The van der Waals surface area contributed by atoms with Gasteiger partial charge < -0.3 is 10.4 Å². The zero-order chi connectivity index (χ0) is 7.78. The Morgan fingerprint density at radius 1 is 1.90 bits per heavy atom. The Morgan fingerprint density at radius 3 is 2.90 bits per heavy atom. The molecule has 0 aromatic heterocycles. The first-order valence-corrected chi connectivity index (χ1v) is 3.79. The molecule has 1 aliphatic rings. The van der Waals surface area contributed by atoms with E-state index in [4.69, 9.17) is 11.6 Å². The van der Waals surface area contributed by atoms with Crippen molar-refractivity contribution in [1.82, 2.24) is 5.32 Å². The number of hydrogen-bond acceptors (Lipinski definition) is 3. The minimum atomic E-state index is -1.27. The summed E-state index contributed by atoms with van der Waals surface area (Å²) in [4.78, 5) is 3.72. The standard InChI is InChI=1S/C5H6BrClN2O/c1-5(10)8-2-3(6)4(7)9-5/h2,9-10H,1H3. The average molecular weight is 225 g/mol. The molecule has 3 nitrogen and oxygen atoms in total. The van der Waals surface area contributed by atoms with Gasteiger partial charge in [-0.25, -0.2) is 4.99 Å². The third-order valence-electron chi connectivity index (χ3n) is 0.986. The SMILES string of the molecule is CC1(O)N=CC(Br)=C(Cl)N1. The van der Waals surface area contributed by atoms with Crippen molar-refractivity contribution in [3.8, 4) is 0 Å². The fourth-order valence-corrected chi connectivity index (χ4v) is 0.968. The van der Waals surface area contributed by atoms with Crippen LogP contribution >= 0.6 is 27.5 Å². The van der Waals surface area contributed by atoms with E-state index in [1.165, 1.54) is 13.1 Å². The fourth-order valence-electron chi connectivity index (χ4n) is 0.539. The summed E-state index contributed by atoms with van der Waals surface area (Å²) >= 11 is 8.75. The molecule has 1 atom stereocenters. The third-order valence-corrected chi connectivity index (χ3v) is 2.11. The van der Waals surface area contributed by atoms with Gasteiger partial charge in [0.15, 0.2) is 0 Å². The van der Waals surface area contributed by atoms with Gasteiger partial charge in [0.25, 0.3) is 0 Å². The monoisotopic (exact) mass is 224 g/mol. The van der Waals surface area contributed by atoms with Crippen LogP contribution in [0.2, 0.25) is 0 Å².